The Labute approximate surface area is 120 Å². The van der Waals surface area contributed by atoms with E-state index in [4.69, 9.17) is 10.5 Å². The molecule has 1 aliphatic heterocycles. The molecule has 1 fully saturated rings. The van der Waals surface area contributed by atoms with Gasteiger partial charge >= 0.3 is 0 Å². The van der Waals surface area contributed by atoms with Gasteiger partial charge in [-0.3, -0.25) is 9.20 Å². The molecular formula is C13H18N4O2S. The molecule has 7 heteroatoms. The number of rotatable bonds is 4. The normalized spacial score (nSPS) is 18.2. The Bertz CT molecular complexity index is 572. The van der Waals surface area contributed by atoms with Gasteiger partial charge in [-0.25, -0.2) is 4.98 Å². The number of hydrogen-bond donors (Lipinski definition) is 2. The Morgan fingerprint density at radius 2 is 2.35 bits per heavy atom. The second-order valence-electron chi connectivity index (χ2n) is 5.10. The van der Waals surface area contributed by atoms with Crippen molar-refractivity contribution in [3.05, 3.63) is 23.5 Å². The van der Waals surface area contributed by atoms with Crippen molar-refractivity contribution in [3.8, 4) is 0 Å². The molecule has 108 valence electrons. The van der Waals surface area contributed by atoms with Crippen molar-refractivity contribution in [3.63, 3.8) is 0 Å². The minimum atomic E-state index is -0.477. The van der Waals surface area contributed by atoms with Crippen LogP contribution in [-0.4, -0.2) is 35.1 Å². The summed E-state index contributed by atoms with van der Waals surface area (Å²) < 4.78 is 7.28. The summed E-state index contributed by atoms with van der Waals surface area (Å²) in [4.78, 5) is 17.8. The van der Waals surface area contributed by atoms with Gasteiger partial charge in [-0.2, -0.15) is 0 Å². The van der Waals surface area contributed by atoms with Crippen LogP contribution in [0.2, 0.25) is 0 Å². The smallest absolute Gasteiger partial charge is 0.227 e. The topological polar surface area (TPSA) is 81.7 Å². The number of hydrogen-bond acceptors (Lipinski definition) is 5. The number of nitrogens with zero attached hydrogens (tertiary/aromatic N) is 2. The molecule has 0 atom stereocenters. The van der Waals surface area contributed by atoms with Gasteiger partial charge in [-0.05, 0) is 12.8 Å². The molecule has 20 heavy (non-hydrogen) atoms. The Hall–Kier alpha value is -1.44. The number of thiazole rings is 1. The number of fused-ring (bicyclic) bond motifs is 1. The maximum atomic E-state index is 12.4. The van der Waals surface area contributed by atoms with Crippen LogP contribution in [0.1, 0.15) is 18.5 Å². The summed E-state index contributed by atoms with van der Waals surface area (Å²) in [6.45, 7) is 2.01. The molecule has 0 spiro atoms. The second kappa shape index (κ2) is 5.51. The number of nitrogens with two attached hydrogens (primary N) is 1. The number of nitrogens with one attached hydrogen (secondary N) is 1. The molecule has 3 heterocycles. The summed E-state index contributed by atoms with van der Waals surface area (Å²) in [5.41, 5.74) is 6.21. The van der Waals surface area contributed by atoms with E-state index in [0.717, 1.165) is 10.7 Å². The van der Waals surface area contributed by atoms with Gasteiger partial charge in [0, 0.05) is 37.5 Å². The number of aromatic nitrogens is 2. The van der Waals surface area contributed by atoms with E-state index in [9.17, 15) is 4.79 Å². The fourth-order valence-electron chi connectivity index (χ4n) is 2.51. The van der Waals surface area contributed by atoms with Crippen LogP contribution in [0, 0.1) is 5.41 Å². The first-order valence-electron chi connectivity index (χ1n) is 6.71. The van der Waals surface area contributed by atoms with Crippen molar-refractivity contribution in [2.45, 2.75) is 19.4 Å². The van der Waals surface area contributed by atoms with Crippen LogP contribution in [0.15, 0.2) is 17.8 Å². The molecule has 1 saturated heterocycles. The molecule has 1 aliphatic rings. The van der Waals surface area contributed by atoms with Gasteiger partial charge in [0.2, 0.25) is 5.91 Å². The van der Waals surface area contributed by atoms with Gasteiger partial charge in [-0.1, -0.05) is 0 Å². The van der Waals surface area contributed by atoms with Crippen molar-refractivity contribution in [2.75, 3.05) is 19.8 Å². The SMILES string of the molecule is NCC1(C(=O)NCc2cn3ccsc3n2)CCOCC1. The maximum Gasteiger partial charge on any atom is 0.227 e. The first-order chi connectivity index (χ1) is 9.73. The highest BCUT2D eigenvalue weighted by atomic mass is 32.1. The number of imidazole rings is 1. The average molecular weight is 294 g/mol. The predicted molar refractivity (Wildman–Crippen MR) is 76.5 cm³/mol. The largest absolute Gasteiger partial charge is 0.381 e. The summed E-state index contributed by atoms with van der Waals surface area (Å²) in [5.74, 6) is 0.0136. The molecule has 6 nitrogen and oxygen atoms in total. The lowest BCUT2D eigenvalue weighted by molar-refractivity contribution is -0.136. The minimum Gasteiger partial charge on any atom is -0.381 e. The van der Waals surface area contributed by atoms with Crippen LogP contribution >= 0.6 is 11.3 Å². The summed E-state index contributed by atoms with van der Waals surface area (Å²) >= 11 is 1.58. The van der Waals surface area contributed by atoms with Crippen molar-refractivity contribution in [1.82, 2.24) is 14.7 Å². The van der Waals surface area contributed by atoms with E-state index in [1.165, 1.54) is 0 Å². The van der Waals surface area contributed by atoms with Gasteiger partial charge in [0.1, 0.15) is 0 Å². The molecule has 3 N–H and O–H groups in total. The van der Waals surface area contributed by atoms with Crippen molar-refractivity contribution in [1.29, 1.82) is 0 Å². The van der Waals surface area contributed by atoms with Gasteiger partial charge in [-0.15, -0.1) is 11.3 Å². The van der Waals surface area contributed by atoms with E-state index in [1.807, 2.05) is 22.2 Å². The van der Waals surface area contributed by atoms with E-state index < -0.39 is 5.41 Å². The molecule has 0 bridgehead atoms. The fourth-order valence-corrected chi connectivity index (χ4v) is 3.22. The summed E-state index contributed by atoms with van der Waals surface area (Å²) in [5, 5.41) is 4.95. The summed E-state index contributed by atoms with van der Waals surface area (Å²) in [6, 6.07) is 0. The van der Waals surface area contributed by atoms with Crippen LogP contribution < -0.4 is 11.1 Å². The van der Waals surface area contributed by atoms with Gasteiger partial charge in [0.15, 0.2) is 4.96 Å². The average Bonchev–Trinajstić information content (AvgIpc) is 3.06. The van der Waals surface area contributed by atoms with E-state index in [1.54, 1.807) is 11.3 Å². The fraction of sp³-hybridized carbons (Fsp3) is 0.538. The monoisotopic (exact) mass is 294 g/mol. The standard InChI is InChI=1S/C13H18N4O2S/c14-9-13(1-4-19-5-2-13)11(18)15-7-10-8-17-3-6-20-12(17)16-10/h3,6,8H,1-2,4-5,7,9,14H2,(H,15,18). The van der Waals surface area contributed by atoms with Crippen LogP contribution in [0.3, 0.4) is 0 Å². The third kappa shape index (κ3) is 2.44. The van der Waals surface area contributed by atoms with Gasteiger partial charge < -0.3 is 15.8 Å². The maximum absolute atomic E-state index is 12.4. The summed E-state index contributed by atoms with van der Waals surface area (Å²) in [7, 11) is 0. The molecule has 0 aromatic carbocycles. The van der Waals surface area contributed by atoms with Crippen LogP contribution in [-0.2, 0) is 16.1 Å². The highest BCUT2D eigenvalue weighted by Gasteiger charge is 2.38. The second-order valence-corrected chi connectivity index (χ2v) is 5.98. The lowest BCUT2D eigenvalue weighted by atomic mass is 9.79. The Balaban J connectivity index is 1.64. The molecule has 2 aromatic heterocycles. The zero-order chi connectivity index (χ0) is 14.0. The third-order valence-electron chi connectivity index (χ3n) is 3.90. The molecule has 0 radical (unpaired) electrons. The van der Waals surface area contributed by atoms with Crippen LogP contribution in [0.4, 0.5) is 0 Å². The molecule has 2 aromatic rings. The van der Waals surface area contributed by atoms with E-state index in [-0.39, 0.29) is 5.91 Å². The van der Waals surface area contributed by atoms with Crippen molar-refractivity contribution >= 4 is 22.2 Å². The van der Waals surface area contributed by atoms with Crippen molar-refractivity contribution in [2.24, 2.45) is 11.1 Å². The Kier molecular flexibility index (Phi) is 3.73. The van der Waals surface area contributed by atoms with Crippen molar-refractivity contribution < 1.29 is 9.53 Å². The number of carbonyl (C=O) groups excluding carboxylic acids is 1. The lowest BCUT2D eigenvalue weighted by Gasteiger charge is -2.34. The Morgan fingerprint density at radius 1 is 1.55 bits per heavy atom. The molecular weight excluding hydrogens is 276 g/mol. The summed E-state index contributed by atoms with van der Waals surface area (Å²) in [6.07, 6.45) is 5.27. The molecule has 0 saturated carbocycles. The van der Waals surface area contributed by atoms with Gasteiger partial charge in [0.25, 0.3) is 0 Å². The first-order valence-corrected chi connectivity index (χ1v) is 7.59. The zero-order valence-corrected chi connectivity index (χ0v) is 12.0. The number of carbonyl (C=O) groups is 1. The molecule has 0 aliphatic carbocycles. The van der Waals surface area contributed by atoms with Crippen LogP contribution in [0.25, 0.3) is 4.96 Å². The lowest BCUT2D eigenvalue weighted by Crippen LogP contribution is -2.49. The zero-order valence-electron chi connectivity index (χ0n) is 11.2. The van der Waals surface area contributed by atoms with E-state index in [2.05, 4.69) is 10.3 Å². The minimum absolute atomic E-state index is 0.0136. The molecule has 1 amide bonds. The van der Waals surface area contributed by atoms with Crippen LogP contribution in [0.5, 0.6) is 0 Å². The van der Waals surface area contributed by atoms with E-state index >= 15 is 0 Å². The van der Waals surface area contributed by atoms with Gasteiger partial charge in [0.05, 0.1) is 17.7 Å². The Morgan fingerprint density at radius 3 is 3.05 bits per heavy atom. The highest BCUT2D eigenvalue weighted by Crippen LogP contribution is 2.29. The predicted octanol–water partition coefficient (Wildman–Crippen LogP) is 0.767. The number of amides is 1. The first kappa shape index (κ1) is 13.5. The van der Waals surface area contributed by atoms with E-state index in [0.29, 0.717) is 39.1 Å². The molecule has 3 rings (SSSR count). The number of ether oxygens (including phenoxy) is 1. The quantitative estimate of drug-likeness (QED) is 0.872. The highest BCUT2D eigenvalue weighted by molar-refractivity contribution is 7.15. The molecule has 0 unspecified atom stereocenters. The third-order valence-corrected chi connectivity index (χ3v) is 4.67.